The molecule has 1 aliphatic rings. The van der Waals surface area contributed by atoms with Crippen molar-refractivity contribution in [2.24, 2.45) is 0 Å². The van der Waals surface area contributed by atoms with Crippen LogP contribution in [-0.4, -0.2) is 46.8 Å². The highest BCUT2D eigenvalue weighted by Gasteiger charge is 2.18. The van der Waals surface area contributed by atoms with E-state index in [-0.39, 0.29) is 11.6 Å². The first-order valence-corrected chi connectivity index (χ1v) is 6.27. The molecule has 2 rings (SSSR count). The normalized spacial score (nSPS) is 16.4. The number of non-ortho nitro benzene ring substituents is 1. The Morgan fingerprint density at radius 1 is 1.21 bits per heavy atom. The fourth-order valence-corrected chi connectivity index (χ4v) is 2.20. The molecular weight excluding hydrogens is 246 g/mol. The standard InChI is InChI=1S/C13H17N3O3/c1-11(17)15-8-6-14(7-9-15)10-12-2-4-13(5-3-12)16(18)19/h2-5H,6-10H2,1H3. The summed E-state index contributed by atoms with van der Waals surface area (Å²) in [5.74, 6) is 0.120. The number of benzene rings is 1. The first-order chi connectivity index (χ1) is 9.06. The second-order valence-corrected chi connectivity index (χ2v) is 4.71. The summed E-state index contributed by atoms with van der Waals surface area (Å²) in [5.41, 5.74) is 1.17. The van der Waals surface area contributed by atoms with Gasteiger partial charge in [0.05, 0.1) is 4.92 Å². The predicted molar refractivity (Wildman–Crippen MR) is 70.6 cm³/mol. The molecule has 6 heteroatoms. The molecule has 0 aliphatic carbocycles. The lowest BCUT2D eigenvalue weighted by Gasteiger charge is -2.34. The largest absolute Gasteiger partial charge is 0.340 e. The summed E-state index contributed by atoms with van der Waals surface area (Å²) < 4.78 is 0. The lowest BCUT2D eigenvalue weighted by atomic mass is 10.2. The average molecular weight is 263 g/mol. The van der Waals surface area contributed by atoms with Gasteiger partial charge in [-0.3, -0.25) is 19.8 Å². The van der Waals surface area contributed by atoms with Crippen LogP contribution in [-0.2, 0) is 11.3 Å². The monoisotopic (exact) mass is 263 g/mol. The highest BCUT2D eigenvalue weighted by atomic mass is 16.6. The van der Waals surface area contributed by atoms with Crippen LogP contribution < -0.4 is 0 Å². The molecule has 1 aliphatic heterocycles. The van der Waals surface area contributed by atoms with Crippen molar-refractivity contribution in [1.29, 1.82) is 0 Å². The van der Waals surface area contributed by atoms with Crippen molar-refractivity contribution in [3.8, 4) is 0 Å². The van der Waals surface area contributed by atoms with Crippen molar-refractivity contribution in [2.75, 3.05) is 26.2 Å². The third-order valence-corrected chi connectivity index (χ3v) is 3.37. The molecule has 0 N–H and O–H groups in total. The van der Waals surface area contributed by atoms with Gasteiger partial charge in [-0.05, 0) is 5.56 Å². The van der Waals surface area contributed by atoms with Crippen molar-refractivity contribution in [3.05, 3.63) is 39.9 Å². The van der Waals surface area contributed by atoms with Crippen molar-refractivity contribution >= 4 is 11.6 Å². The van der Waals surface area contributed by atoms with Gasteiger partial charge in [0.15, 0.2) is 0 Å². The summed E-state index contributed by atoms with van der Waals surface area (Å²) in [6.45, 7) is 5.55. The number of carbonyl (C=O) groups is 1. The van der Waals surface area contributed by atoms with Crippen LogP contribution in [0.3, 0.4) is 0 Å². The fraction of sp³-hybridized carbons (Fsp3) is 0.462. The zero-order valence-electron chi connectivity index (χ0n) is 10.9. The van der Waals surface area contributed by atoms with E-state index in [1.165, 1.54) is 12.1 Å². The maximum Gasteiger partial charge on any atom is 0.269 e. The van der Waals surface area contributed by atoms with Gasteiger partial charge >= 0.3 is 0 Å². The minimum atomic E-state index is -0.393. The summed E-state index contributed by atoms with van der Waals surface area (Å²) >= 11 is 0. The number of rotatable bonds is 3. The Kier molecular flexibility index (Phi) is 4.11. The van der Waals surface area contributed by atoms with Gasteiger partial charge in [-0.15, -0.1) is 0 Å². The number of nitro benzene ring substituents is 1. The number of hydrogen-bond acceptors (Lipinski definition) is 4. The maximum atomic E-state index is 11.2. The van der Waals surface area contributed by atoms with Crippen LogP contribution in [0.1, 0.15) is 12.5 Å². The first kappa shape index (κ1) is 13.5. The Hall–Kier alpha value is -1.95. The summed E-state index contributed by atoms with van der Waals surface area (Å²) in [4.78, 5) is 25.5. The van der Waals surface area contributed by atoms with E-state index in [9.17, 15) is 14.9 Å². The van der Waals surface area contributed by atoms with Gasteiger partial charge in [0.1, 0.15) is 0 Å². The Morgan fingerprint density at radius 2 is 1.79 bits per heavy atom. The summed E-state index contributed by atoms with van der Waals surface area (Å²) in [6.07, 6.45) is 0. The summed E-state index contributed by atoms with van der Waals surface area (Å²) in [6, 6.07) is 6.63. The molecule has 0 radical (unpaired) electrons. The van der Waals surface area contributed by atoms with Crippen LogP contribution in [0.25, 0.3) is 0 Å². The molecule has 6 nitrogen and oxygen atoms in total. The third kappa shape index (κ3) is 3.51. The number of nitro groups is 1. The Morgan fingerprint density at radius 3 is 2.26 bits per heavy atom. The number of hydrogen-bond donors (Lipinski definition) is 0. The zero-order valence-corrected chi connectivity index (χ0v) is 10.9. The van der Waals surface area contributed by atoms with Crippen molar-refractivity contribution < 1.29 is 9.72 Å². The number of piperazine rings is 1. The molecule has 19 heavy (non-hydrogen) atoms. The van der Waals surface area contributed by atoms with Crippen molar-refractivity contribution in [3.63, 3.8) is 0 Å². The van der Waals surface area contributed by atoms with Crippen LogP contribution in [0.5, 0.6) is 0 Å². The van der Waals surface area contributed by atoms with Gasteiger partial charge in [0.25, 0.3) is 5.69 Å². The smallest absolute Gasteiger partial charge is 0.269 e. The lowest BCUT2D eigenvalue weighted by molar-refractivity contribution is -0.384. The molecule has 1 heterocycles. The van der Waals surface area contributed by atoms with E-state index in [1.807, 2.05) is 4.90 Å². The molecule has 0 atom stereocenters. The molecule has 102 valence electrons. The summed E-state index contributed by atoms with van der Waals surface area (Å²) in [5, 5.41) is 10.6. The molecule has 0 spiro atoms. The number of nitrogens with zero attached hydrogens (tertiary/aromatic N) is 3. The van der Waals surface area contributed by atoms with E-state index in [1.54, 1.807) is 19.1 Å². The minimum absolute atomic E-state index is 0.116. The second-order valence-electron chi connectivity index (χ2n) is 4.71. The zero-order chi connectivity index (χ0) is 13.8. The second kappa shape index (κ2) is 5.79. The van der Waals surface area contributed by atoms with E-state index in [0.29, 0.717) is 0 Å². The minimum Gasteiger partial charge on any atom is -0.340 e. The number of amides is 1. The number of carbonyl (C=O) groups excluding carboxylic acids is 1. The average Bonchev–Trinajstić information content (AvgIpc) is 2.40. The molecule has 0 aromatic heterocycles. The molecule has 0 saturated carbocycles. The van der Waals surface area contributed by atoms with Crippen LogP contribution >= 0.6 is 0 Å². The van der Waals surface area contributed by atoms with Crippen LogP contribution in [0, 0.1) is 10.1 Å². The molecule has 1 fully saturated rings. The maximum absolute atomic E-state index is 11.2. The Balaban J connectivity index is 1.88. The first-order valence-electron chi connectivity index (χ1n) is 6.27. The lowest BCUT2D eigenvalue weighted by Crippen LogP contribution is -2.47. The van der Waals surface area contributed by atoms with Gasteiger partial charge in [0, 0.05) is 51.8 Å². The molecule has 0 bridgehead atoms. The predicted octanol–water partition coefficient (Wildman–Crippen LogP) is 1.26. The van der Waals surface area contributed by atoms with E-state index >= 15 is 0 Å². The van der Waals surface area contributed by atoms with Crippen LogP contribution in [0.4, 0.5) is 5.69 Å². The Labute approximate surface area is 111 Å². The molecule has 1 aromatic carbocycles. The molecule has 1 saturated heterocycles. The summed E-state index contributed by atoms with van der Waals surface area (Å²) in [7, 11) is 0. The highest BCUT2D eigenvalue weighted by Crippen LogP contribution is 2.14. The molecule has 1 amide bonds. The Bertz CT molecular complexity index is 465. The van der Waals surface area contributed by atoms with Gasteiger partial charge in [0.2, 0.25) is 5.91 Å². The van der Waals surface area contributed by atoms with E-state index in [0.717, 1.165) is 38.3 Å². The SMILES string of the molecule is CC(=O)N1CCN(Cc2ccc([N+](=O)[O-])cc2)CC1. The van der Waals surface area contributed by atoms with Gasteiger partial charge in [-0.1, -0.05) is 12.1 Å². The molecule has 1 aromatic rings. The van der Waals surface area contributed by atoms with Gasteiger partial charge < -0.3 is 4.90 Å². The van der Waals surface area contributed by atoms with Crippen LogP contribution in [0.2, 0.25) is 0 Å². The fourth-order valence-electron chi connectivity index (χ4n) is 2.20. The molecule has 0 unspecified atom stereocenters. The van der Waals surface area contributed by atoms with Crippen molar-refractivity contribution in [1.82, 2.24) is 9.80 Å². The van der Waals surface area contributed by atoms with E-state index in [4.69, 9.17) is 0 Å². The van der Waals surface area contributed by atoms with Gasteiger partial charge in [-0.25, -0.2) is 0 Å². The highest BCUT2D eigenvalue weighted by molar-refractivity contribution is 5.73. The molecular formula is C13H17N3O3. The quantitative estimate of drug-likeness (QED) is 0.608. The van der Waals surface area contributed by atoms with E-state index in [2.05, 4.69) is 4.90 Å². The van der Waals surface area contributed by atoms with E-state index < -0.39 is 4.92 Å². The van der Waals surface area contributed by atoms with Crippen LogP contribution in [0.15, 0.2) is 24.3 Å². The van der Waals surface area contributed by atoms with Crippen molar-refractivity contribution in [2.45, 2.75) is 13.5 Å². The van der Waals surface area contributed by atoms with Gasteiger partial charge in [-0.2, -0.15) is 0 Å². The third-order valence-electron chi connectivity index (χ3n) is 3.37. The topological polar surface area (TPSA) is 66.7 Å².